The van der Waals surface area contributed by atoms with Gasteiger partial charge in [0.1, 0.15) is 0 Å². The summed E-state index contributed by atoms with van der Waals surface area (Å²) in [6.07, 6.45) is 0. The highest BCUT2D eigenvalue weighted by molar-refractivity contribution is 5.63. The molecular formula is C15H27Br. The van der Waals surface area contributed by atoms with Crippen molar-refractivity contribution in [2.24, 2.45) is 0 Å². The Morgan fingerprint density at radius 2 is 0.875 bits per heavy atom. The first-order chi connectivity index (χ1) is 6.37. The second-order valence-electron chi connectivity index (χ2n) is 7.88. The molecule has 1 rings (SSSR count). The minimum absolute atomic E-state index is 0. The van der Waals surface area contributed by atoms with Crippen LogP contribution >= 0.6 is 0 Å². The lowest BCUT2D eigenvalue weighted by Gasteiger charge is -2.09. The first kappa shape index (κ1) is 16.1. The molecule has 0 atom stereocenters. The molecular weight excluding hydrogens is 260 g/mol. The van der Waals surface area contributed by atoms with E-state index in [9.17, 15) is 0 Å². The molecule has 0 N–H and O–H groups in total. The lowest BCUT2D eigenvalue weighted by molar-refractivity contribution is -0.00000455. The van der Waals surface area contributed by atoms with E-state index < -0.39 is 0 Å². The van der Waals surface area contributed by atoms with Gasteiger partial charge in [-0.1, -0.05) is 0 Å². The molecule has 0 aromatic heterocycles. The molecule has 0 aliphatic rings. The van der Waals surface area contributed by atoms with Gasteiger partial charge in [-0.15, -0.1) is 0 Å². The molecule has 0 spiro atoms. The Bertz CT molecular complexity index is 258. The van der Waals surface area contributed by atoms with Crippen LogP contribution in [0.25, 0.3) is 0 Å². The number of hydrogen-bond acceptors (Lipinski definition) is 0. The van der Waals surface area contributed by atoms with Crippen molar-refractivity contribution in [1.82, 2.24) is 0 Å². The SMILES string of the molecule is CC(C)(C)c1c(C(C)(C)C)[c+]1C(C)(C)C.[Br-]. The smallest absolute Gasteiger partial charge is 0.173 e. The zero-order valence-corrected chi connectivity index (χ0v) is 14.0. The molecule has 0 nitrogen and oxygen atoms in total. The molecule has 0 aliphatic heterocycles. The van der Waals surface area contributed by atoms with Crippen molar-refractivity contribution >= 4 is 0 Å². The predicted octanol–water partition coefficient (Wildman–Crippen LogP) is 1.74. The summed E-state index contributed by atoms with van der Waals surface area (Å²) >= 11 is 0. The summed E-state index contributed by atoms with van der Waals surface area (Å²) in [5, 5.41) is 0. The van der Waals surface area contributed by atoms with Crippen LogP contribution in [0.5, 0.6) is 0 Å². The Morgan fingerprint density at radius 1 is 0.625 bits per heavy atom. The van der Waals surface area contributed by atoms with E-state index in [0.717, 1.165) is 0 Å². The van der Waals surface area contributed by atoms with Crippen LogP contribution in [0.2, 0.25) is 0 Å². The van der Waals surface area contributed by atoms with Gasteiger partial charge in [-0.25, -0.2) is 0 Å². The van der Waals surface area contributed by atoms with Gasteiger partial charge in [-0.05, 0) is 62.3 Å². The van der Waals surface area contributed by atoms with Crippen molar-refractivity contribution in [3.05, 3.63) is 16.7 Å². The average molecular weight is 287 g/mol. The summed E-state index contributed by atoms with van der Waals surface area (Å²) in [4.78, 5) is 0. The Morgan fingerprint density at radius 3 is 0.938 bits per heavy atom. The van der Waals surface area contributed by atoms with Gasteiger partial charge in [0.25, 0.3) is 0 Å². The second kappa shape index (κ2) is 4.08. The van der Waals surface area contributed by atoms with Crippen LogP contribution in [0.15, 0.2) is 0 Å². The van der Waals surface area contributed by atoms with Crippen LogP contribution in [0, 0.1) is 0 Å². The predicted molar refractivity (Wildman–Crippen MR) is 69.3 cm³/mol. The minimum Gasteiger partial charge on any atom is -1.00 e. The molecule has 0 saturated heterocycles. The van der Waals surface area contributed by atoms with Crippen molar-refractivity contribution in [3.8, 4) is 0 Å². The van der Waals surface area contributed by atoms with Crippen LogP contribution in [0.1, 0.15) is 79.0 Å². The van der Waals surface area contributed by atoms with Crippen molar-refractivity contribution in [2.45, 2.75) is 78.6 Å². The van der Waals surface area contributed by atoms with E-state index in [2.05, 4.69) is 62.3 Å². The zero-order valence-electron chi connectivity index (χ0n) is 12.4. The fourth-order valence-corrected chi connectivity index (χ4v) is 2.44. The quantitative estimate of drug-likeness (QED) is 0.638. The first-order valence-electron chi connectivity index (χ1n) is 6.00. The summed E-state index contributed by atoms with van der Waals surface area (Å²) in [5.41, 5.74) is 5.81. The third-order valence-electron chi connectivity index (χ3n) is 2.94. The van der Waals surface area contributed by atoms with Crippen molar-refractivity contribution < 1.29 is 17.0 Å². The number of rotatable bonds is 0. The van der Waals surface area contributed by atoms with Gasteiger partial charge in [0.2, 0.25) is 0 Å². The highest BCUT2D eigenvalue weighted by Crippen LogP contribution is 2.52. The summed E-state index contributed by atoms with van der Waals surface area (Å²) in [7, 11) is 0. The molecule has 0 aliphatic carbocycles. The number of halogens is 1. The summed E-state index contributed by atoms with van der Waals surface area (Å²) in [6, 6.07) is 0. The third-order valence-corrected chi connectivity index (χ3v) is 2.94. The minimum atomic E-state index is 0. The Labute approximate surface area is 112 Å². The standard InChI is InChI=1S/C15H27.BrH/c1-13(2,3)10-11(14(4,5)6)12(10)15(7,8)9;/h1-9H3;1H/q+1;/p-1. The summed E-state index contributed by atoms with van der Waals surface area (Å²) in [5.74, 6) is 0. The van der Waals surface area contributed by atoms with Crippen LogP contribution < -0.4 is 17.0 Å². The van der Waals surface area contributed by atoms with Crippen molar-refractivity contribution in [3.63, 3.8) is 0 Å². The van der Waals surface area contributed by atoms with Gasteiger partial charge >= 0.3 is 0 Å². The van der Waals surface area contributed by atoms with Gasteiger partial charge in [0.05, 0.1) is 16.2 Å². The first-order valence-corrected chi connectivity index (χ1v) is 6.00. The van der Waals surface area contributed by atoms with Crippen LogP contribution in [0.4, 0.5) is 0 Å². The molecule has 0 amide bonds. The number of hydrogen-bond donors (Lipinski definition) is 0. The summed E-state index contributed by atoms with van der Waals surface area (Å²) < 4.78 is 0. The summed E-state index contributed by atoms with van der Waals surface area (Å²) in [6.45, 7) is 20.9. The monoisotopic (exact) mass is 286 g/mol. The molecule has 0 heterocycles. The van der Waals surface area contributed by atoms with E-state index in [0.29, 0.717) is 16.2 Å². The molecule has 94 valence electrons. The normalized spacial score (nSPS) is 14.1. The van der Waals surface area contributed by atoms with Gasteiger partial charge in [-0.2, -0.15) is 0 Å². The average Bonchev–Trinajstić information content (AvgIpc) is 2.51. The maximum atomic E-state index is 2.33. The van der Waals surface area contributed by atoms with Crippen LogP contribution in [0.3, 0.4) is 0 Å². The van der Waals surface area contributed by atoms with Gasteiger partial charge in [-0.3, -0.25) is 0 Å². The third kappa shape index (κ3) is 3.06. The van der Waals surface area contributed by atoms with Gasteiger partial charge < -0.3 is 17.0 Å². The maximum Gasteiger partial charge on any atom is 0.173 e. The Balaban J connectivity index is 0.00000225. The lowest BCUT2D eigenvalue weighted by atomic mass is 9.86. The fourth-order valence-electron chi connectivity index (χ4n) is 2.44. The molecule has 0 saturated carbocycles. The maximum absolute atomic E-state index is 2.33. The molecule has 0 bridgehead atoms. The van der Waals surface area contributed by atoms with Crippen LogP contribution in [-0.4, -0.2) is 0 Å². The molecule has 1 aromatic rings. The van der Waals surface area contributed by atoms with E-state index >= 15 is 0 Å². The highest BCUT2D eigenvalue weighted by atomic mass is 79.9. The van der Waals surface area contributed by atoms with Crippen molar-refractivity contribution in [2.75, 3.05) is 0 Å². The van der Waals surface area contributed by atoms with E-state index in [1.165, 1.54) is 0 Å². The topological polar surface area (TPSA) is 0 Å². The lowest BCUT2D eigenvalue weighted by Crippen LogP contribution is -3.00. The largest absolute Gasteiger partial charge is 1.00 e. The molecule has 0 radical (unpaired) electrons. The van der Waals surface area contributed by atoms with E-state index in [1.807, 2.05) is 0 Å². The molecule has 0 unspecified atom stereocenters. The van der Waals surface area contributed by atoms with Gasteiger partial charge in [0.15, 0.2) is 16.7 Å². The van der Waals surface area contributed by atoms with E-state index in [1.54, 1.807) is 16.7 Å². The highest BCUT2D eigenvalue weighted by Gasteiger charge is 2.56. The second-order valence-corrected chi connectivity index (χ2v) is 7.88. The van der Waals surface area contributed by atoms with Gasteiger partial charge in [0, 0.05) is 0 Å². The molecule has 16 heavy (non-hydrogen) atoms. The zero-order chi connectivity index (χ0) is 12.2. The molecule has 0 fully saturated rings. The fraction of sp³-hybridized carbons (Fsp3) is 0.800. The van der Waals surface area contributed by atoms with E-state index in [-0.39, 0.29) is 17.0 Å². The van der Waals surface area contributed by atoms with Crippen LogP contribution in [-0.2, 0) is 16.2 Å². The molecule has 1 heteroatoms. The van der Waals surface area contributed by atoms with Crippen molar-refractivity contribution in [1.29, 1.82) is 0 Å². The Hall–Kier alpha value is 0.0900. The van der Waals surface area contributed by atoms with E-state index in [4.69, 9.17) is 0 Å². The Kier molecular flexibility index (Phi) is 4.11. The molecule has 1 aromatic carbocycles.